The fourth-order valence-electron chi connectivity index (χ4n) is 2.94. The standard InChI is InChI=1S/C18H29ClN4O2S.HI/c1-4-20-18(21-8-13-26(24,25)5-2)23-11-9-22(10-12-23)17-14-16(19)7-6-15(17)3;/h6-7,14H,4-5,8-13H2,1-3H3,(H,20,21);1H. The molecule has 0 spiro atoms. The Morgan fingerprint density at radius 3 is 2.48 bits per heavy atom. The molecule has 0 radical (unpaired) electrons. The number of halogens is 2. The first-order valence-electron chi connectivity index (χ1n) is 9.11. The van der Waals surface area contributed by atoms with Crippen LogP contribution in [0.4, 0.5) is 5.69 Å². The van der Waals surface area contributed by atoms with E-state index in [0.717, 1.165) is 43.7 Å². The number of sulfone groups is 1. The van der Waals surface area contributed by atoms with Crippen LogP contribution in [0, 0.1) is 6.92 Å². The molecule has 0 amide bonds. The van der Waals surface area contributed by atoms with Crippen molar-refractivity contribution in [2.45, 2.75) is 20.8 Å². The maximum atomic E-state index is 11.7. The lowest BCUT2D eigenvalue weighted by molar-refractivity contribution is 0.372. The summed E-state index contributed by atoms with van der Waals surface area (Å²) < 4.78 is 23.3. The van der Waals surface area contributed by atoms with Gasteiger partial charge in [-0.15, -0.1) is 24.0 Å². The summed E-state index contributed by atoms with van der Waals surface area (Å²) in [6, 6.07) is 5.97. The van der Waals surface area contributed by atoms with Crippen LogP contribution >= 0.6 is 35.6 Å². The fraction of sp³-hybridized carbons (Fsp3) is 0.611. The van der Waals surface area contributed by atoms with Gasteiger partial charge in [-0.25, -0.2) is 8.42 Å². The van der Waals surface area contributed by atoms with Crippen LogP contribution in [0.5, 0.6) is 0 Å². The smallest absolute Gasteiger partial charge is 0.194 e. The van der Waals surface area contributed by atoms with Crippen LogP contribution in [0.2, 0.25) is 5.02 Å². The van der Waals surface area contributed by atoms with Crippen molar-refractivity contribution < 1.29 is 8.42 Å². The molecule has 0 aliphatic carbocycles. The third kappa shape index (κ3) is 7.30. The van der Waals surface area contributed by atoms with E-state index in [1.165, 1.54) is 11.3 Å². The van der Waals surface area contributed by atoms with Gasteiger partial charge in [0.2, 0.25) is 0 Å². The van der Waals surface area contributed by atoms with Gasteiger partial charge < -0.3 is 15.1 Å². The molecule has 1 heterocycles. The van der Waals surface area contributed by atoms with Crippen LogP contribution in [0.3, 0.4) is 0 Å². The van der Waals surface area contributed by atoms with Gasteiger partial charge in [-0.2, -0.15) is 0 Å². The second-order valence-corrected chi connectivity index (χ2v) is 9.29. The van der Waals surface area contributed by atoms with Gasteiger partial charge in [0, 0.05) is 49.2 Å². The molecule has 0 unspecified atom stereocenters. The van der Waals surface area contributed by atoms with Crippen LogP contribution in [0.15, 0.2) is 23.2 Å². The Labute approximate surface area is 185 Å². The van der Waals surface area contributed by atoms with Crippen molar-refractivity contribution in [1.82, 2.24) is 10.2 Å². The van der Waals surface area contributed by atoms with Crippen LogP contribution in [-0.2, 0) is 9.84 Å². The average molecular weight is 529 g/mol. The number of hydrogen-bond donors (Lipinski definition) is 1. The van der Waals surface area contributed by atoms with Gasteiger partial charge in [-0.05, 0) is 31.5 Å². The minimum absolute atomic E-state index is 0. The first-order valence-corrected chi connectivity index (χ1v) is 11.3. The number of nitrogens with one attached hydrogen (secondary N) is 1. The number of aryl methyl sites for hydroxylation is 1. The van der Waals surface area contributed by atoms with Gasteiger partial charge in [-0.3, -0.25) is 4.99 Å². The summed E-state index contributed by atoms with van der Waals surface area (Å²) in [7, 11) is -2.99. The number of benzene rings is 1. The first kappa shape index (κ1) is 24.3. The molecule has 27 heavy (non-hydrogen) atoms. The molecule has 1 aliphatic rings. The van der Waals surface area contributed by atoms with E-state index in [1.807, 2.05) is 25.1 Å². The molecule has 0 bridgehead atoms. The molecule has 9 heteroatoms. The summed E-state index contributed by atoms with van der Waals surface area (Å²) >= 11 is 6.15. The highest BCUT2D eigenvalue weighted by Crippen LogP contribution is 2.25. The maximum absolute atomic E-state index is 11.7. The Morgan fingerprint density at radius 2 is 1.89 bits per heavy atom. The van der Waals surface area contributed by atoms with Crippen LogP contribution < -0.4 is 10.2 Å². The summed E-state index contributed by atoms with van der Waals surface area (Å²) in [5.41, 5.74) is 2.39. The first-order chi connectivity index (χ1) is 12.4. The van der Waals surface area contributed by atoms with E-state index in [9.17, 15) is 8.42 Å². The monoisotopic (exact) mass is 528 g/mol. The van der Waals surface area contributed by atoms with E-state index < -0.39 is 9.84 Å². The van der Waals surface area contributed by atoms with Gasteiger partial charge in [0.25, 0.3) is 0 Å². The normalized spacial score (nSPS) is 15.5. The minimum Gasteiger partial charge on any atom is -0.368 e. The highest BCUT2D eigenvalue weighted by Gasteiger charge is 2.21. The lowest BCUT2D eigenvalue weighted by Gasteiger charge is -2.38. The summed E-state index contributed by atoms with van der Waals surface area (Å²) in [5, 5.41) is 4.02. The van der Waals surface area contributed by atoms with Crippen molar-refractivity contribution >= 4 is 57.1 Å². The average Bonchev–Trinajstić information content (AvgIpc) is 2.63. The number of anilines is 1. The van der Waals surface area contributed by atoms with Crippen molar-refractivity contribution in [3.05, 3.63) is 28.8 Å². The summed E-state index contributed by atoms with van der Waals surface area (Å²) in [6.45, 7) is 10.2. The largest absolute Gasteiger partial charge is 0.368 e. The van der Waals surface area contributed by atoms with Crippen molar-refractivity contribution in [2.24, 2.45) is 4.99 Å². The number of hydrogen-bond acceptors (Lipinski definition) is 4. The van der Waals surface area contributed by atoms with E-state index in [0.29, 0.717) is 6.54 Å². The van der Waals surface area contributed by atoms with Gasteiger partial charge in [0.05, 0.1) is 12.3 Å². The van der Waals surface area contributed by atoms with Crippen molar-refractivity contribution in [2.75, 3.05) is 55.7 Å². The lowest BCUT2D eigenvalue weighted by atomic mass is 10.1. The predicted octanol–water partition coefficient (Wildman–Crippen LogP) is 2.79. The quantitative estimate of drug-likeness (QED) is 0.349. The third-order valence-corrected chi connectivity index (χ3v) is 6.45. The van der Waals surface area contributed by atoms with E-state index in [1.54, 1.807) is 6.92 Å². The van der Waals surface area contributed by atoms with E-state index >= 15 is 0 Å². The number of aliphatic imine (C=N–C) groups is 1. The van der Waals surface area contributed by atoms with Crippen LogP contribution in [0.25, 0.3) is 0 Å². The molecule has 1 fully saturated rings. The Morgan fingerprint density at radius 1 is 1.22 bits per heavy atom. The molecule has 1 aliphatic heterocycles. The lowest BCUT2D eigenvalue weighted by Crippen LogP contribution is -2.52. The number of rotatable bonds is 6. The van der Waals surface area contributed by atoms with Crippen LogP contribution in [0.1, 0.15) is 19.4 Å². The number of nitrogens with zero attached hydrogens (tertiary/aromatic N) is 3. The van der Waals surface area contributed by atoms with Gasteiger partial charge in [-0.1, -0.05) is 24.6 Å². The van der Waals surface area contributed by atoms with Crippen molar-refractivity contribution in [1.29, 1.82) is 0 Å². The Bertz CT molecular complexity index is 735. The topological polar surface area (TPSA) is 65.0 Å². The molecular formula is C18H30ClIN4O2S. The summed E-state index contributed by atoms with van der Waals surface area (Å²) in [4.78, 5) is 9.04. The molecule has 0 atom stereocenters. The highest BCUT2D eigenvalue weighted by molar-refractivity contribution is 14.0. The molecule has 0 aromatic heterocycles. The molecular weight excluding hydrogens is 499 g/mol. The highest BCUT2D eigenvalue weighted by atomic mass is 127. The molecule has 2 rings (SSSR count). The van der Waals surface area contributed by atoms with Gasteiger partial charge in [0.1, 0.15) is 0 Å². The van der Waals surface area contributed by atoms with E-state index in [4.69, 9.17) is 11.6 Å². The van der Waals surface area contributed by atoms with E-state index in [2.05, 4.69) is 27.0 Å². The Hall–Kier alpha value is -0.740. The predicted molar refractivity (Wildman–Crippen MR) is 126 cm³/mol. The molecule has 6 nitrogen and oxygen atoms in total. The SMILES string of the molecule is CCNC(=NCCS(=O)(=O)CC)N1CCN(c2cc(Cl)ccc2C)CC1.I. The van der Waals surface area contributed by atoms with Gasteiger partial charge in [0.15, 0.2) is 15.8 Å². The summed E-state index contributed by atoms with van der Waals surface area (Å²) in [6.07, 6.45) is 0. The number of guanidine groups is 1. The van der Waals surface area contributed by atoms with Crippen molar-refractivity contribution in [3.8, 4) is 0 Å². The molecule has 0 saturated carbocycles. The maximum Gasteiger partial charge on any atom is 0.194 e. The zero-order chi connectivity index (χ0) is 19.2. The van der Waals surface area contributed by atoms with Crippen molar-refractivity contribution in [3.63, 3.8) is 0 Å². The molecule has 1 aromatic carbocycles. The Kier molecular flexibility index (Phi) is 10.2. The Balaban J connectivity index is 0.00000364. The summed E-state index contributed by atoms with van der Waals surface area (Å²) in [5.74, 6) is 1.05. The molecule has 1 saturated heterocycles. The van der Waals surface area contributed by atoms with E-state index in [-0.39, 0.29) is 35.5 Å². The second kappa shape index (κ2) is 11.3. The zero-order valence-electron chi connectivity index (χ0n) is 16.2. The minimum atomic E-state index is -2.99. The zero-order valence-corrected chi connectivity index (χ0v) is 20.1. The molecule has 1 aromatic rings. The molecule has 154 valence electrons. The number of piperazine rings is 1. The second-order valence-electron chi connectivity index (χ2n) is 6.38. The fourth-order valence-corrected chi connectivity index (χ4v) is 3.77. The third-order valence-electron chi connectivity index (χ3n) is 4.53. The van der Waals surface area contributed by atoms with Gasteiger partial charge >= 0.3 is 0 Å². The van der Waals surface area contributed by atoms with Crippen LogP contribution in [-0.4, -0.2) is 70.1 Å². The molecule has 1 N–H and O–H groups in total.